The minimum absolute atomic E-state index is 0.173. The first-order valence-electron chi connectivity index (χ1n) is 10.3. The predicted molar refractivity (Wildman–Crippen MR) is 119 cm³/mol. The van der Waals surface area contributed by atoms with Crippen LogP contribution in [0, 0.1) is 13.8 Å². The van der Waals surface area contributed by atoms with Gasteiger partial charge in [-0.05, 0) is 37.1 Å². The molecule has 1 saturated heterocycles. The first kappa shape index (κ1) is 21.8. The van der Waals surface area contributed by atoms with Crippen LogP contribution in [0.4, 0.5) is 11.5 Å². The highest BCUT2D eigenvalue weighted by Crippen LogP contribution is 2.28. The fraction of sp³-hybridized carbons (Fsp3) is 0.318. The lowest BCUT2D eigenvalue weighted by molar-refractivity contribution is 0.0126. The van der Waals surface area contributed by atoms with Gasteiger partial charge in [-0.25, -0.2) is 15.5 Å². The Kier molecular flexibility index (Phi) is 6.35. The van der Waals surface area contributed by atoms with E-state index in [1.165, 1.54) is 7.11 Å². The lowest BCUT2D eigenvalue weighted by atomic mass is 10.1. The topological polar surface area (TPSA) is 109 Å². The summed E-state index contributed by atoms with van der Waals surface area (Å²) in [6.45, 7) is 6.32. The van der Waals surface area contributed by atoms with Gasteiger partial charge in [0.05, 0.1) is 31.4 Å². The van der Waals surface area contributed by atoms with Crippen LogP contribution in [-0.4, -0.2) is 59.6 Å². The van der Waals surface area contributed by atoms with E-state index in [4.69, 9.17) is 9.57 Å². The average molecular weight is 438 g/mol. The van der Waals surface area contributed by atoms with Gasteiger partial charge in [0.2, 0.25) is 0 Å². The van der Waals surface area contributed by atoms with E-state index in [0.29, 0.717) is 43.2 Å². The average Bonchev–Trinajstić information content (AvgIpc) is 3.13. The van der Waals surface area contributed by atoms with E-state index in [2.05, 4.69) is 21.2 Å². The highest BCUT2D eigenvalue weighted by Gasteiger charge is 2.20. The van der Waals surface area contributed by atoms with Crippen LogP contribution >= 0.6 is 0 Å². The Morgan fingerprint density at radius 3 is 2.69 bits per heavy atom. The molecule has 1 fully saturated rings. The molecular formula is C22H26N6O4. The van der Waals surface area contributed by atoms with Crippen molar-refractivity contribution in [2.75, 3.05) is 38.7 Å². The molecule has 0 aliphatic carbocycles. The summed E-state index contributed by atoms with van der Waals surface area (Å²) >= 11 is 0. The molecular weight excluding hydrogens is 412 g/mol. The molecule has 32 heavy (non-hydrogen) atoms. The second-order valence-electron chi connectivity index (χ2n) is 7.53. The highest BCUT2D eigenvalue weighted by atomic mass is 16.6. The summed E-state index contributed by atoms with van der Waals surface area (Å²) in [5, 5.41) is 5.18. The number of carbonyl (C=O) groups excluding carboxylic acids is 2. The largest absolute Gasteiger partial charge is 0.379 e. The lowest BCUT2D eigenvalue weighted by Gasteiger charge is -2.26. The number of rotatable bonds is 6. The Balaban J connectivity index is 1.64. The van der Waals surface area contributed by atoms with Gasteiger partial charge in [0, 0.05) is 42.9 Å². The number of nitrogens with one attached hydrogen (secondary N) is 3. The molecule has 0 atom stereocenters. The van der Waals surface area contributed by atoms with E-state index in [1.807, 2.05) is 29.3 Å². The number of carbonyl (C=O) groups is 2. The number of hydrazine groups is 1. The van der Waals surface area contributed by atoms with Gasteiger partial charge in [-0.15, -0.1) is 0 Å². The molecule has 4 rings (SSSR count). The molecule has 3 N–H and O–H groups in total. The monoisotopic (exact) mass is 438 g/mol. The molecule has 0 saturated carbocycles. The van der Waals surface area contributed by atoms with Crippen molar-refractivity contribution in [2.45, 2.75) is 13.8 Å². The van der Waals surface area contributed by atoms with Crippen molar-refractivity contribution >= 4 is 28.8 Å². The van der Waals surface area contributed by atoms with Gasteiger partial charge in [-0.1, -0.05) is 6.07 Å². The zero-order valence-corrected chi connectivity index (χ0v) is 18.3. The Morgan fingerprint density at radius 1 is 1.16 bits per heavy atom. The summed E-state index contributed by atoms with van der Waals surface area (Å²) < 4.78 is 7.20. The van der Waals surface area contributed by atoms with Crippen molar-refractivity contribution in [3.8, 4) is 0 Å². The van der Waals surface area contributed by atoms with Crippen LogP contribution in [0.25, 0.3) is 5.52 Å². The van der Waals surface area contributed by atoms with Crippen LogP contribution in [0.5, 0.6) is 0 Å². The smallest absolute Gasteiger partial charge is 0.274 e. The first-order chi connectivity index (χ1) is 15.5. The van der Waals surface area contributed by atoms with Crippen LogP contribution in [0.15, 0.2) is 36.8 Å². The second-order valence-corrected chi connectivity index (χ2v) is 7.53. The molecule has 0 spiro atoms. The number of anilines is 2. The molecule has 3 heterocycles. The van der Waals surface area contributed by atoms with Crippen molar-refractivity contribution in [1.82, 2.24) is 25.3 Å². The Labute approximate surface area is 185 Å². The van der Waals surface area contributed by atoms with Crippen LogP contribution < -0.4 is 16.2 Å². The number of hydroxylamine groups is 1. The summed E-state index contributed by atoms with van der Waals surface area (Å²) in [4.78, 5) is 34.2. The predicted octanol–water partition coefficient (Wildman–Crippen LogP) is 1.96. The molecule has 1 aliphatic rings. The molecule has 0 unspecified atom stereocenters. The number of hydrogen-bond acceptors (Lipinski definition) is 7. The van der Waals surface area contributed by atoms with Crippen LogP contribution in [0.3, 0.4) is 0 Å². The summed E-state index contributed by atoms with van der Waals surface area (Å²) in [5.74, 6) is 0.0685. The van der Waals surface area contributed by atoms with Crippen molar-refractivity contribution < 1.29 is 19.2 Å². The molecule has 10 nitrogen and oxygen atoms in total. The van der Waals surface area contributed by atoms with Crippen LogP contribution in [-0.2, 0) is 9.57 Å². The number of amides is 2. The molecule has 2 amide bonds. The molecule has 0 radical (unpaired) electrons. The maximum absolute atomic E-state index is 12.9. The summed E-state index contributed by atoms with van der Waals surface area (Å²) in [6, 6.07) is 5.30. The third kappa shape index (κ3) is 4.42. The Morgan fingerprint density at radius 2 is 1.94 bits per heavy atom. The molecule has 1 aromatic carbocycles. The van der Waals surface area contributed by atoms with E-state index in [0.717, 1.165) is 22.3 Å². The van der Waals surface area contributed by atoms with Gasteiger partial charge in [0.1, 0.15) is 0 Å². The number of morpholine rings is 1. The molecule has 1 aliphatic heterocycles. The number of nitrogens with zero attached hydrogens (tertiary/aromatic N) is 3. The van der Waals surface area contributed by atoms with Crippen molar-refractivity contribution in [2.24, 2.45) is 0 Å². The molecule has 10 heteroatoms. The van der Waals surface area contributed by atoms with Gasteiger partial charge in [0.15, 0.2) is 5.82 Å². The van der Waals surface area contributed by atoms with Gasteiger partial charge >= 0.3 is 0 Å². The fourth-order valence-electron chi connectivity index (χ4n) is 3.66. The molecule has 3 aromatic rings. The third-order valence-electron chi connectivity index (χ3n) is 5.40. The van der Waals surface area contributed by atoms with E-state index in [9.17, 15) is 9.59 Å². The maximum Gasteiger partial charge on any atom is 0.274 e. The highest BCUT2D eigenvalue weighted by molar-refractivity contribution is 5.99. The summed E-state index contributed by atoms with van der Waals surface area (Å²) in [5.41, 5.74) is 9.54. The molecule has 2 aromatic heterocycles. The van der Waals surface area contributed by atoms with Gasteiger partial charge < -0.3 is 14.5 Å². The number of hydrogen-bond donors (Lipinski definition) is 3. The quantitative estimate of drug-likeness (QED) is 0.505. The summed E-state index contributed by atoms with van der Waals surface area (Å²) in [6.07, 6.45) is 5.26. The normalized spacial score (nSPS) is 14.3. The van der Waals surface area contributed by atoms with E-state index >= 15 is 0 Å². The molecule has 168 valence electrons. The van der Waals surface area contributed by atoms with Gasteiger partial charge in [-0.3, -0.25) is 19.9 Å². The number of benzene rings is 1. The van der Waals surface area contributed by atoms with Gasteiger partial charge in [0.25, 0.3) is 11.8 Å². The lowest BCUT2D eigenvalue weighted by Crippen LogP contribution is -2.48. The molecule has 0 bridgehead atoms. The SMILES string of the molecule is CONC(=O)c1ccc(C)c(Nc2nccn3cc(C(=O)NN4CCOCC4)c(C)c23)c1. The number of aryl methyl sites for hydroxylation is 2. The second kappa shape index (κ2) is 9.35. The van der Waals surface area contributed by atoms with E-state index in [1.54, 1.807) is 30.7 Å². The zero-order chi connectivity index (χ0) is 22.7. The first-order valence-corrected chi connectivity index (χ1v) is 10.3. The fourth-order valence-corrected chi connectivity index (χ4v) is 3.66. The standard InChI is InChI=1S/C22H26N6O4/c1-14-4-5-16(21(29)26-31-3)12-18(14)24-20-19-15(2)17(13-27(19)7-6-23-20)22(30)25-28-8-10-32-11-9-28/h4-7,12-13H,8-11H2,1-3H3,(H,23,24)(H,25,30)(H,26,29). The Bertz CT molecular complexity index is 1150. The number of ether oxygens (including phenoxy) is 1. The van der Waals surface area contributed by atoms with Crippen molar-refractivity contribution in [1.29, 1.82) is 0 Å². The van der Waals surface area contributed by atoms with Crippen LogP contribution in [0.2, 0.25) is 0 Å². The summed E-state index contributed by atoms with van der Waals surface area (Å²) in [7, 11) is 1.39. The number of fused-ring (bicyclic) bond motifs is 1. The van der Waals surface area contributed by atoms with Crippen molar-refractivity contribution in [3.05, 3.63) is 59.0 Å². The van der Waals surface area contributed by atoms with E-state index in [-0.39, 0.29) is 11.8 Å². The Hall–Kier alpha value is -3.47. The third-order valence-corrected chi connectivity index (χ3v) is 5.40. The van der Waals surface area contributed by atoms with Gasteiger partial charge in [-0.2, -0.15) is 0 Å². The minimum Gasteiger partial charge on any atom is -0.379 e. The van der Waals surface area contributed by atoms with Crippen molar-refractivity contribution in [3.63, 3.8) is 0 Å². The zero-order valence-electron chi connectivity index (χ0n) is 18.3. The number of aromatic nitrogens is 2. The van der Waals surface area contributed by atoms with E-state index < -0.39 is 0 Å². The van der Waals surface area contributed by atoms with Crippen LogP contribution in [0.1, 0.15) is 31.8 Å². The maximum atomic E-state index is 12.9. The minimum atomic E-state index is -0.345.